The number of anilines is 1. The van der Waals surface area contributed by atoms with Gasteiger partial charge in [-0.1, -0.05) is 6.92 Å². The van der Waals surface area contributed by atoms with Gasteiger partial charge in [0.1, 0.15) is 10.6 Å². The number of nitrogens with one attached hydrogen (secondary N) is 1. The number of nitrogens with two attached hydrogens (primary N) is 1. The minimum absolute atomic E-state index is 0.00151. The van der Waals surface area contributed by atoms with Gasteiger partial charge in [0.05, 0.1) is 6.61 Å². The summed E-state index contributed by atoms with van der Waals surface area (Å²) < 4.78 is 43.4. The van der Waals surface area contributed by atoms with Gasteiger partial charge in [0.15, 0.2) is 0 Å². The van der Waals surface area contributed by atoms with E-state index in [1.165, 1.54) is 12.1 Å². The summed E-state index contributed by atoms with van der Waals surface area (Å²) in [6.45, 7) is 4.02. The first-order valence-corrected chi connectivity index (χ1v) is 9.24. The maximum absolute atomic E-state index is 12.2. The Morgan fingerprint density at radius 2 is 2.05 bits per heavy atom. The third-order valence-electron chi connectivity index (χ3n) is 2.50. The van der Waals surface area contributed by atoms with Crippen molar-refractivity contribution < 1.29 is 17.4 Å². The summed E-state index contributed by atoms with van der Waals surface area (Å²) >= 11 is 0. The summed E-state index contributed by atoms with van der Waals surface area (Å²) in [5, 5.41) is 0. The summed E-state index contributed by atoms with van der Waals surface area (Å²) in [5.74, 6) is 1.04. The van der Waals surface area contributed by atoms with Crippen molar-refractivity contribution in [2.24, 2.45) is 0 Å². The van der Waals surface area contributed by atoms with Crippen LogP contribution in [0.5, 0.6) is 5.75 Å². The number of hydrogen-bond donors (Lipinski definition) is 2. The Balaban J connectivity index is 2.91. The number of benzene rings is 1. The predicted molar refractivity (Wildman–Crippen MR) is 80.8 cm³/mol. The van der Waals surface area contributed by atoms with Gasteiger partial charge in [-0.05, 0) is 25.1 Å². The maximum Gasteiger partial charge on any atom is 0.244 e. The summed E-state index contributed by atoms with van der Waals surface area (Å²) in [4.78, 5) is 0.00151. The molecule has 6 nitrogen and oxygen atoms in total. The van der Waals surface area contributed by atoms with E-state index in [0.717, 1.165) is 0 Å². The highest BCUT2D eigenvalue weighted by atomic mass is 32.2. The van der Waals surface area contributed by atoms with Crippen molar-refractivity contribution in [2.75, 3.05) is 30.4 Å². The van der Waals surface area contributed by atoms with Crippen molar-refractivity contribution >= 4 is 26.5 Å². The van der Waals surface area contributed by atoms with Crippen LogP contribution in [-0.2, 0) is 20.8 Å². The molecule has 0 heterocycles. The van der Waals surface area contributed by atoms with Crippen LogP contribution >= 0.6 is 0 Å². The Bertz CT molecular complexity index is 573. The predicted octanol–water partition coefficient (Wildman–Crippen LogP) is 0.714. The largest absolute Gasteiger partial charge is 0.492 e. The molecule has 0 aliphatic carbocycles. The van der Waals surface area contributed by atoms with E-state index >= 15 is 0 Å². The number of ether oxygens (including phenoxy) is 1. The van der Waals surface area contributed by atoms with Crippen LogP contribution in [0.15, 0.2) is 23.1 Å². The average Bonchev–Trinajstić information content (AvgIpc) is 2.40. The normalized spacial score (nSPS) is 13.1. The maximum atomic E-state index is 12.2. The molecule has 1 aromatic carbocycles. The van der Waals surface area contributed by atoms with E-state index in [1.54, 1.807) is 19.9 Å². The quantitative estimate of drug-likeness (QED) is 0.688. The van der Waals surface area contributed by atoms with Gasteiger partial charge < -0.3 is 10.5 Å². The van der Waals surface area contributed by atoms with E-state index in [-0.39, 0.29) is 22.9 Å². The molecular weight excluding hydrogens is 300 g/mol. The lowest BCUT2D eigenvalue weighted by Crippen LogP contribution is -2.28. The van der Waals surface area contributed by atoms with Crippen LogP contribution in [0.25, 0.3) is 0 Å². The fourth-order valence-electron chi connectivity index (χ4n) is 1.52. The van der Waals surface area contributed by atoms with Gasteiger partial charge in [0.25, 0.3) is 0 Å². The molecule has 0 aromatic heterocycles. The summed E-state index contributed by atoms with van der Waals surface area (Å²) in [6.07, 6.45) is 0. The molecule has 114 valence electrons. The Morgan fingerprint density at radius 3 is 2.65 bits per heavy atom. The van der Waals surface area contributed by atoms with Gasteiger partial charge in [-0.2, -0.15) is 0 Å². The zero-order valence-corrected chi connectivity index (χ0v) is 13.2. The summed E-state index contributed by atoms with van der Waals surface area (Å²) in [6, 6.07) is 4.46. The third-order valence-corrected chi connectivity index (χ3v) is 5.29. The van der Waals surface area contributed by atoms with E-state index in [1.807, 2.05) is 0 Å². The van der Waals surface area contributed by atoms with Gasteiger partial charge in [-0.25, -0.2) is 13.1 Å². The highest BCUT2D eigenvalue weighted by Gasteiger charge is 2.19. The lowest BCUT2D eigenvalue weighted by molar-refractivity contribution is 0.331. The Labute approximate surface area is 122 Å². The summed E-state index contributed by atoms with van der Waals surface area (Å²) in [5.41, 5.74) is 5.96. The topological polar surface area (TPSA) is 98.5 Å². The molecule has 20 heavy (non-hydrogen) atoms. The smallest absolute Gasteiger partial charge is 0.244 e. The average molecular weight is 320 g/mol. The minimum Gasteiger partial charge on any atom is -0.492 e. The van der Waals surface area contributed by atoms with Crippen LogP contribution in [0.4, 0.5) is 5.69 Å². The van der Waals surface area contributed by atoms with E-state index in [0.29, 0.717) is 18.0 Å². The lowest BCUT2D eigenvalue weighted by atomic mass is 10.3. The second-order valence-electron chi connectivity index (χ2n) is 3.97. The van der Waals surface area contributed by atoms with Gasteiger partial charge in [0.2, 0.25) is 10.0 Å². The first-order valence-electron chi connectivity index (χ1n) is 6.27. The second-order valence-corrected chi connectivity index (χ2v) is 7.57. The SMILES string of the molecule is CCOc1ccc(N)cc1S(=O)(=O)NCCS(=O)CC. The minimum atomic E-state index is -3.73. The zero-order valence-electron chi connectivity index (χ0n) is 11.6. The number of hydrogen-bond acceptors (Lipinski definition) is 5. The van der Waals surface area contributed by atoms with Crippen LogP contribution in [0, 0.1) is 0 Å². The molecule has 0 aliphatic heterocycles. The van der Waals surface area contributed by atoms with E-state index in [2.05, 4.69) is 4.72 Å². The molecule has 1 unspecified atom stereocenters. The molecule has 0 fully saturated rings. The molecule has 0 saturated carbocycles. The van der Waals surface area contributed by atoms with Crippen molar-refractivity contribution in [2.45, 2.75) is 18.7 Å². The first kappa shape index (κ1) is 16.9. The van der Waals surface area contributed by atoms with Crippen LogP contribution in [0.2, 0.25) is 0 Å². The van der Waals surface area contributed by atoms with Gasteiger partial charge in [-0.3, -0.25) is 4.21 Å². The number of rotatable bonds is 8. The molecule has 0 bridgehead atoms. The van der Waals surface area contributed by atoms with E-state index in [4.69, 9.17) is 10.5 Å². The van der Waals surface area contributed by atoms with Crippen LogP contribution in [-0.4, -0.2) is 37.3 Å². The zero-order chi connectivity index (χ0) is 15.2. The Kier molecular flexibility index (Phi) is 6.44. The van der Waals surface area contributed by atoms with Crippen molar-refractivity contribution in [3.63, 3.8) is 0 Å². The van der Waals surface area contributed by atoms with E-state index in [9.17, 15) is 12.6 Å². The van der Waals surface area contributed by atoms with Crippen LogP contribution < -0.4 is 15.2 Å². The van der Waals surface area contributed by atoms with Gasteiger partial charge in [0, 0.05) is 34.5 Å². The monoisotopic (exact) mass is 320 g/mol. The molecule has 0 saturated heterocycles. The van der Waals surface area contributed by atoms with Gasteiger partial charge >= 0.3 is 0 Å². The third kappa shape index (κ3) is 4.77. The first-order chi connectivity index (χ1) is 9.40. The molecular formula is C12H20N2O4S2. The van der Waals surface area contributed by atoms with Crippen molar-refractivity contribution in [3.8, 4) is 5.75 Å². The molecule has 8 heteroatoms. The van der Waals surface area contributed by atoms with Crippen molar-refractivity contribution in [1.82, 2.24) is 4.72 Å². The van der Waals surface area contributed by atoms with Crippen LogP contribution in [0.1, 0.15) is 13.8 Å². The molecule has 0 radical (unpaired) electrons. The fourth-order valence-corrected chi connectivity index (χ4v) is 3.48. The van der Waals surface area contributed by atoms with E-state index < -0.39 is 20.8 Å². The molecule has 0 aliphatic rings. The van der Waals surface area contributed by atoms with Gasteiger partial charge in [-0.15, -0.1) is 0 Å². The van der Waals surface area contributed by atoms with Crippen LogP contribution in [0.3, 0.4) is 0 Å². The molecule has 0 spiro atoms. The highest BCUT2D eigenvalue weighted by Crippen LogP contribution is 2.25. The standard InChI is InChI=1S/C12H20N2O4S2/c1-3-18-11-6-5-10(13)9-12(11)20(16,17)14-7-8-19(15)4-2/h5-6,9,14H,3-4,7-8,13H2,1-2H3. The Hall–Kier alpha value is -1.12. The Morgan fingerprint density at radius 1 is 1.35 bits per heavy atom. The molecule has 1 atom stereocenters. The number of sulfonamides is 1. The lowest BCUT2D eigenvalue weighted by Gasteiger charge is -2.12. The summed E-state index contributed by atoms with van der Waals surface area (Å²) in [7, 11) is -4.74. The molecule has 0 amide bonds. The van der Waals surface area contributed by atoms with Crippen molar-refractivity contribution in [3.05, 3.63) is 18.2 Å². The molecule has 1 rings (SSSR count). The molecule has 1 aromatic rings. The molecule has 3 N–H and O–H groups in total. The van der Waals surface area contributed by atoms with Crippen molar-refractivity contribution in [1.29, 1.82) is 0 Å². The highest BCUT2D eigenvalue weighted by molar-refractivity contribution is 7.89. The second kappa shape index (κ2) is 7.61. The fraction of sp³-hybridized carbons (Fsp3) is 0.500. The number of nitrogen functional groups attached to an aromatic ring is 1.